The van der Waals surface area contributed by atoms with Crippen LogP contribution in [-0.4, -0.2) is 34.6 Å². The molecule has 0 aromatic carbocycles. The molecule has 5 rings (SSSR count). The maximum atomic E-state index is 13.6. The Morgan fingerprint density at radius 3 is 2.64 bits per heavy atom. The van der Waals surface area contributed by atoms with Crippen LogP contribution in [0.15, 0.2) is 12.4 Å². The number of ether oxygens (including phenoxy) is 1. The van der Waals surface area contributed by atoms with Crippen molar-refractivity contribution >= 4 is 5.91 Å². The lowest BCUT2D eigenvalue weighted by Gasteiger charge is -2.35. The number of carbonyl (C=O) groups excluding carboxylic acids is 1. The third-order valence-corrected chi connectivity index (χ3v) is 7.59. The molecule has 1 aromatic rings. The van der Waals surface area contributed by atoms with Crippen LogP contribution in [0.1, 0.15) is 56.2 Å². The number of amides is 1. The highest BCUT2D eigenvalue weighted by molar-refractivity contribution is 5.85. The first kappa shape index (κ1) is 17.8. The number of pyridine rings is 1. The van der Waals surface area contributed by atoms with Crippen molar-refractivity contribution < 1.29 is 22.7 Å². The molecule has 4 aliphatic rings. The predicted molar refractivity (Wildman–Crippen MR) is 91.0 cm³/mol. The van der Waals surface area contributed by atoms with E-state index in [0.717, 1.165) is 0 Å². The molecule has 1 saturated heterocycles. The van der Waals surface area contributed by atoms with E-state index in [1.807, 2.05) is 6.92 Å². The van der Waals surface area contributed by atoms with Gasteiger partial charge in [0.25, 0.3) is 0 Å². The van der Waals surface area contributed by atoms with Gasteiger partial charge in [-0.1, -0.05) is 6.92 Å². The number of nitriles is 1. The molecule has 148 valence electrons. The smallest absolute Gasteiger partial charge is 0.394 e. The molecule has 4 bridgehead atoms. The largest absolute Gasteiger partial charge is 0.486 e. The van der Waals surface area contributed by atoms with Crippen molar-refractivity contribution in [1.29, 1.82) is 5.26 Å². The minimum Gasteiger partial charge on any atom is -0.486 e. The number of halogens is 3. The van der Waals surface area contributed by atoms with Crippen molar-refractivity contribution in [1.82, 2.24) is 9.88 Å². The maximum Gasteiger partial charge on any atom is 0.394 e. The van der Waals surface area contributed by atoms with Gasteiger partial charge in [0.05, 0.1) is 23.4 Å². The van der Waals surface area contributed by atoms with E-state index in [-0.39, 0.29) is 56.1 Å². The lowest BCUT2D eigenvalue weighted by Crippen LogP contribution is -2.42. The number of alkyl halides is 3. The molecule has 3 heterocycles. The number of fused-ring (bicyclic) bond motifs is 6. The van der Waals surface area contributed by atoms with Gasteiger partial charge in [-0.2, -0.15) is 18.4 Å². The van der Waals surface area contributed by atoms with Crippen LogP contribution in [0.4, 0.5) is 13.2 Å². The zero-order chi connectivity index (χ0) is 19.9. The van der Waals surface area contributed by atoms with Crippen molar-refractivity contribution in [3.63, 3.8) is 0 Å². The minimum absolute atomic E-state index is 0.00114. The normalized spacial score (nSPS) is 38.1. The van der Waals surface area contributed by atoms with Gasteiger partial charge in [-0.15, -0.1) is 0 Å². The fraction of sp³-hybridized carbons (Fsp3) is 0.650. The highest BCUT2D eigenvalue weighted by atomic mass is 19.4. The number of nitrogens with zero attached hydrogens (tertiary/aromatic N) is 3. The van der Waals surface area contributed by atoms with E-state index in [9.17, 15) is 23.2 Å². The van der Waals surface area contributed by atoms with E-state index in [1.54, 1.807) is 11.1 Å². The average Bonchev–Trinajstić information content (AvgIpc) is 3.30. The number of rotatable bonds is 1. The molecule has 0 spiro atoms. The topological polar surface area (TPSA) is 66.2 Å². The van der Waals surface area contributed by atoms with Gasteiger partial charge in [0, 0.05) is 23.9 Å². The van der Waals surface area contributed by atoms with Gasteiger partial charge in [-0.05, 0) is 32.1 Å². The second kappa shape index (κ2) is 5.40. The summed E-state index contributed by atoms with van der Waals surface area (Å²) in [5.41, 5.74) is -1.62. The van der Waals surface area contributed by atoms with Gasteiger partial charge in [0.2, 0.25) is 5.91 Å². The Morgan fingerprint density at radius 1 is 1.32 bits per heavy atom. The minimum atomic E-state index is -4.26. The van der Waals surface area contributed by atoms with Crippen LogP contribution in [0.3, 0.4) is 0 Å². The molecule has 1 aromatic heterocycles. The summed E-state index contributed by atoms with van der Waals surface area (Å²) in [5.74, 6) is 0.272. The number of likely N-dealkylation sites (tertiary alicyclic amines) is 1. The summed E-state index contributed by atoms with van der Waals surface area (Å²) in [7, 11) is 0. The van der Waals surface area contributed by atoms with Crippen LogP contribution < -0.4 is 4.74 Å². The van der Waals surface area contributed by atoms with E-state index in [1.165, 1.54) is 6.20 Å². The Labute approximate surface area is 160 Å². The molecule has 1 amide bonds. The van der Waals surface area contributed by atoms with Crippen LogP contribution in [0.5, 0.6) is 5.75 Å². The Kier molecular flexibility index (Phi) is 3.43. The summed E-state index contributed by atoms with van der Waals surface area (Å²) in [4.78, 5) is 19.4. The molecule has 0 unspecified atom stereocenters. The Bertz CT molecular complexity index is 899. The van der Waals surface area contributed by atoms with Crippen molar-refractivity contribution in [3.8, 4) is 11.8 Å². The van der Waals surface area contributed by atoms with Crippen LogP contribution in [0.2, 0.25) is 0 Å². The molecule has 0 N–H and O–H groups in total. The van der Waals surface area contributed by atoms with Gasteiger partial charge >= 0.3 is 6.18 Å². The Balaban J connectivity index is 1.50. The van der Waals surface area contributed by atoms with Crippen LogP contribution >= 0.6 is 0 Å². The van der Waals surface area contributed by atoms with Crippen LogP contribution in [-0.2, 0) is 4.79 Å². The first-order valence-electron chi connectivity index (χ1n) is 9.64. The Morgan fingerprint density at radius 2 is 2.04 bits per heavy atom. The number of hydrogen-bond acceptors (Lipinski definition) is 4. The van der Waals surface area contributed by atoms with Crippen LogP contribution in [0, 0.1) is 28.1 Å². The fourth-order valence-corrected chi connectivity index (χ4v) is 5.99. The van der Waals surface area contributed by atoms with Crippen molar-refractivity contribution in [2.45, 2.75) is 57.3 Å². The molecule has 3 atom stereocenters. The summed E-state index contributed by atoms with van der Waals surface area (Å²) in [6.07, 6.45) is -0.932. The second-order valence-electron chi connectivity index (χ2n) is 8.87. The quantitative estimate of drug-likeness (QED) is 0.731. The fourth-order valence-electron chi connectivity index (χ4n) is 5.99. The molecule has 5 nitrogen and oxygen atoms in total. The monoisotopic (exact) mass is 391 g/mol. The molecular weight excluding hydrogens is 371 g/mol. The van der Waals surface area contributed by atoms with E-state index in [0.29, 0.717) is 23.4 Å². The molecule has 28 heavy (non-hydrogen) atoms. The zero-order valence-corrected chi connectivity index (χ0v) is 15.4. The van der Waals surface area contributed by atoms with E-state index in [4.69, 9.17) is 4.74 Å². The summed E-state index contributed by atoms with van der Waals surface area (Å²) in [6, 6.07) is 1.76. The first-order valence-corrected chi connectivity index (χ1v) is 9.64. The number of carbonyl (C=O) groups is 1. The lowest BCUT2D eigenvalue weighted by molar-refractivity contribution is -0.220. The third-order valence-electron chi connectivity index (χ3n) is 7.59. The van der Waals surface area contributed by atoms with Gasteiger partial charge in [0.1, 0.15) is 23.5 Å². The van der Waals surface area contributed by atoms with Crippen molar-refractivity contribution in [2.24, 2.45) is 16.7 Å². The van der Waals surface area contributed by atoms with E-state index >= 15 is 0 Å². The van der Waals surface area contributed by atoms with Crippen molar-refractivity contribution in [3.05, 3.63) is 23.5 Å². The Hall–Kier alpha value is -2.30. The second-order valence-corrected chi connectivity index (χ2v) is 8.87. The predicted octanol–water partition coefficient (Wildman–Crippen LogP) is 3.75. The SMILES string of the molecule is C[C@@H]1[C@@H]2CN(C(=O)C34CCC(C(F)(F)F)(CC3)C4)[C@H]1c1cncc(C#N)c1O2. The highest BCUT2D eigenvalue weighted by Gasteiger charge is 2.69. The highest BCUT2D eigenvalue weighted by Crippen LogP contribution is 2.68. The molecule has 2 saturated carbocycles. The van der Waals surface area contributed by atoms with Gasteiger partial charge in [-0.3, -0.25) is 9.78 Å². The third kappa shape index (κ3) is 2.08. The average molecular weight is 391 g/mol. The molecule has 0 radical (unpaired) electrons. The van der Waals surface area contributed by atoms with Gasteiger partial charge in [-0.25, -0.2) is 0 Å². The summed E-state index contributed by atoms with van der Waals surface area (Å²) < 4.78 is 46.9. The summed E-state index contributed by atoms with van der Waals surface area (Å²) in [6.45, 7) is 2.32. The molecular formula is C20H20F3N3O2. The molecule has 2 aliphatic carbocycles. The molecule has 3 fully saturated rings. The number of aromatic nitrogens is 1. The number of hydrogen-bond donors (Lipinski definition) is 0. The summed E-state index contributed by atoms with van der Waals surface area (Å²) in [5, 5.41) is 9.33. The molecule has 8 heteroatoms. The molecule has 2 aliphatic heterocycles. The summed E-state index contributed by atoms with van der Waals surface area (Å²) >= 11 is 0. The zero-order valence-electron chi connectivity index (χ0n) is 15.4. The van der Waals surface area contributed by atoms with Gasteiger partial charge < -0.3 is 9.64 Å². The van der Waals surface area contributed by atoms with E-state index in [2.05, 4.69) is 11.1 Å². The first-order chi connectivity index (χ1) is 13.2. The van der Waals surface area contributed by atoms with Crippen LogP contribution in [0.25, 0.3) is 0 Å². The standard InChI is InChI=1S/C20H20F3N3O2/c1-11-14-9-26(15(11)13-8-25-7-12(6-24)16(13)28-14)17(27)18-2-4-19(10-18,5-3-18)20(21,22)23/h7-8,11,14-15H,2-5,9-10H2,1H3/t11-,14+,15-,18?,19?/m1/s1. The maximum absolute atomic E-state index is 13.6. The van der Waals surface area contributed by atoms with Gasteiger partial charge in [0.15, 0.2) is 0 Å². The van der Waals surface area contributed by atoms with Crippen molar-refractivity contribution in [2.75, 3.05) is 6.54 Å². The lowest BCUT2D eigenvalue weighted by atomic mass is 9.80. The van der Waals surface area contributed by atoms with E-state index < -0.39 is 17.0 Å².